The Labute approximate surface area is 160 Å². The van der Waals surface area contributed by atoms with Gasteiger partial charge in [-0.1, -0.05) is 6.07 Å². The molecular weight excluding hydrogens is 394 g/mol. The van der Waals surface area contributed by atoms with Crippen molar-refractivity contribution < 1.29 is 31.5 Å². The first kappa shape index (κ1) is 19.9. The van der Waals surface area contributed by atoms with Crippen LogP contribution in [0.15, 0.2) is 36.4 Å². The number of hydrogen-bond donors (Lipinski definition) is 1. The zero-order valence-electron chi connectivity index (χ0n) is 15.1. The highest BCUT2D eigenvalue weighted by Crippen LogP contribution is 2.35. The second-order valence-electron chi connectivity index (χ2n) is 6.15. The standard InChI is InChI=1S/C18H18F2N2O5S/c1-11(18(23)21-17-13(19)4-3-5-14(17)20)22(28(2,24)25)12-6-7-15-16(10-12)27-9-8-26-15/h3-7,10-11H,8-9H2,1-2H3,(H,21,23)/t11-/m0/s1. The fourth-order valence-electron chi connectivity index (χ4n) is 2.82. The molecule has 0 saturated heterocycles. The third-order valence-corrected chi connectivity index (χ3v) is 5.32. The molecule has 1 amide bonds. The van der Waals surface area contributed by atoms with Gasteiger partial charge in [-0.25, -0.2) is 17.2 Å². The molecule has 1 aliphatic heterocycles. The van der Waals surface area contributed by atoms with E-state index in [0.29, 0.717) is 24.7 Å². The average molecular weight is 412 g/mol. The van der Waals surface area contributed by atoms with Crippen molar-refractivity contribution in [2.75, 3.05) is 29.1 Å². The van der Waals surface area contributed by atoms with Crippen molar-refractivity contribution in [2.24, 2.45) is 0 Å². The van der Waals surface area contributed by atoms with E-state index >= 15 is 0 Å². The summed E-state index contributed by atoms with van der Waals surface area (Å²) < 4.78 is 64.0. The van der Waals surface area contributed by atoms with Crippen LogP contribution in [0.4, 0.5) is 20.2 Å². The maximum absolute atomic E-state index is 13.8. The van der Waals surface area contributed by atoms with Crippen LogP contribution in [-0.4, -0.2) is 39.8 Å². The number of para-hydroxylation sites is 1. The van der Waals surface area contributed by atoms with E-state index in [0.717, 1.165) is 28.8 Å². The molecule has 0 radical (unpaired) electrons. The summed E-state index contributed by atoms with van der Waals surface area (Å²) >= 11 is 0. The fourth-order valence-corrected chi connectivity index (χ4v) is 3.99. The highest BCUT2D eigenvalue weighted by atomic mass is 32.2. The predicted octanol–water partition coefficient (Wildman–Crippen LogP) is 2.53. The maximum atomic E-state index is 13.8. The van der Waals surface area contributed by atoms with E-state index in [-0.39, 0.29) is 5.69 Å². The highest BCUT2D eigenvalue weighted by Gasteiger charge is 2.31. The van der Waals surface area contributed by atoms with Gasteiger partial charge in [0, 0.05) is 6.07 Å². The predicted molar refractivity (Wildman–Crippen MR) is 99.2 cm³/mol. The maximum Gasteiger partial charge on any atom is 0.248 e. The molecule has 0 aromatic heterocycles. The van der Waals surface area contributed by atoms with Crippen molar-refractivity contribution in [3.8, 4) is 11.5 Å². The van der Waals surface area contributed by atoms with Gasteiger partial charge in [-0.3, -0.25) is 9.10 Å². The number of ether oxygens (including phenoxy) is 2. The first-order valence-electron chi connectivity index (χ1n) is 8.32. The van der Waals surface area contributed by atoms with E-state index in [4.69, 9.17) is 9.47 Å². The van der Waals surface area contributed by atoms with E-state index in [9.17, 15) is 22.0 Å². The van der Waals surface area contributed by atoms with Crippen molar-refractivity contribution in [2.45, 2.75) is 13.0 Å². The lowest BCUT2D eigenvalue weighted by Gasteiger charge is -2.29. The first-order chi connectivity index (χ1) is 13.2. The van der Waals surface area contributed by atoms with Crippen molar-refractivity contribution in [3.05, 3.63) is 48.0 Å². The van der Waals surface area contributed by atoms with Gasteiger partial charge in [0.15, 0.2) is 11.5 Å². The van der Waals surface area contributed by atoms with Gasteiger partial charge >= 0.3 is 0 Å². The number of carbonyl (C=O) groups excluding carboxylic acids is 1. The molecule has 0 fully saturated rings. The van der Waals surface area contributed by atoms with Gasteiger partial charge in [0.2, 0.25) is 15.9 Å². The van der Waals surface area contributed by atoms with Gasteiger partial charge < -0.3 is 14.8 Å². The minimum atomic E-state index is -3.91. The molecular formula is C18H18F2N2O5S. The van der Waals surface area contributed by atoms with Crippen LogP contribution in [0.5, 0.6) is 11.5 Å². The van der Waals surface area contributed by atoms with Crippen molar-refractivity contribution >= 4 is 27.3 Å². The second-order valence-corrected chi connectivity index (χ2v) is 8.01. The van der Waals surface area contributed by atoms with Crippen LogP contribution in [-0.2, 0) is 14.8 Å². The molecule has 0 unspecified atom stereocenters. The number of carbonyl (C=O) groups is 1. The van der Waals surface area contributed by atoms with Crippen LogP contribution in [0.25, 0.3) is 0 Å². The third-order valence-electron chi connectivity index (χ3n) is 4.08. The molecule has 1 N–H and O–H groups in total. The van der Waals surface area contributed by atoms with E-state index in [1.165, 1.54) is 25.1 Å². The van der Waals surface area contributed by atoms with Crippen molar-refractivity contribution in [3.63, 3.8) is 0 Å². The molecule has 0 aliphatic carbocycles. The molecule has 7 nitrogen and oxygen atoms in total. The summed E-state index contributed by atoms with van der Waals surface area (Å²) in [7, 11) is -3.91. The van der Waals surface area contributed by atoms with E-state index in [1.807, 2.05) is 0 Å². The Morgan fingerprint density at radius 3 is 2.32 bits per heavy atom. The number of nitrogens with zero attached hydrogens (tertiary/aromatic N) is 1. The number of amides is 1. The minimum Gasteiger partial charge on any atom is -0.486 e. The number of anilines is 2. The molecule has 0 spiro atoms. The number of fused-ring (bicyclic) bond motifs is 1. The lowest BCUT2D eigenvalue weighted by atomic mass is 10.2. The van der Waals surface area contributed by atoms with Crippen LogP contribution < -0.4 is 19.1 Å². The van der Waals surface area contributed by atoms with E-state index in [2.05, 4.69) is 5.32 Å². The quantitative estimate of drug-likeness (QED) is 0.816. The Balaban J connectivity index is 1.93. The molecule has 2 aromatic rings. The molecule has 10 heteroatoms. The Kier molecular flexibility index (Phi) is 5.41. The third kappa shape index (κ3) is 4.01. The SMILES string of the molecule is C[C@@H](C(=O)Nc1c(F)cccc1F)N(c1ccc2c(c1)OCCO2)S(C)(=O)=O. The van der Waals surface area contributed by atoms with Crippen LogP contribution in [0.2, 0.25) is 0 Å². The fraction of sp³-hybridized carbons (Fsp3) is 0.278. The molecule has 1 heterocycles. The normalized spacial score (nSPS) is 14.3. The monoisotopic (exact) mass is 412 g/mol. The average Bonchev–Trinajstić information content (AvgIpc) is 2.63. The smallest absolute Gasteiger partial charge is 0.248 e. The van der Waals surface area contributed by atoms with E-state index in [1.54, 1.807) is 0 Å². The summed E-state index contributed by atoms with van der Waals surface area (Å²) in [6.45, 7) is 1.99. The second kappa shape index (κ2) is 7.63. The summed E-state index contributed by atoms with van der Waals surface area (Å²) in [6, 6.07) is 6.25. The van der Waals surface area contributed by atoms with Gasteiger partial charge in [-0.05, 0) is 31.2 Å². The first-order valence-corrected chi connectivity index (χ1v) is 10.2. The van der Waals surface area contributed by atoms with Crippen LogP contribution in [0, 0.1) is 11.6 Å². The minimum absolute atomic E-state index is 0.156. The number of nitrogens with one attached hydrogen (secondary N) is 1. The zero-order valence-corrected chi connectivity index (χ0v) is 15.9. The van der Waals surface area contributed by atoms with Crippen molar-refractivity contribution in [1.29, 1.82) is 0 Å². The Morgan fingerprint density at radius 1 is 1.11 bits per heavy atom. The van der Waals surface area contributed by atoms with Crippen LogP contribution >= 0.6 is 0 Å². The summed E-state index contributed by atoms with van der Waals surface area (Å²) in [5, 5.41) is 2.11. The van der Waals surface area contributed by atoms with Gasteiger partial charge in [0.25, 0.3) is 0 Å². The number of benzene rings is 2. The van der Waals surface area contributed by atoms with Gasteiger partial charge in [0.1, 0.15) is 36.6 Å². The summed E-state index contributed by atoms with van der Waals surface area (Å²) in [4.78, 5) is 12.6. The molecule has 2 aromatic carbocycles. The van der Waals surface area contributed by atoms with Crippen LogP contribution in [0.3, 0.4) is 0 Å². The zero-order chi connectivity index (χ0) is 20.5. The number of halogens is 2. The van der Waals surface area contributed by atoms with Crippen molar-refractivity contribution in [1.82, 2.24) is 0 Å². The van der Waals surface area contributed by atoms with Gasteiger partial charge in [-0.15, -0.1) is 0 Å². The summed E-state index contributed by atoms with van der Waals surface area (Å²) in [5.74, 6) is -2.04. The molecule has 0 bridgehead atoms. The molecule has 0 saturated carbocycles. The lowest BCUT2D eigenvalue weighted by molar-refractivity contribution is -0.116. The van der Waals surface area contributed by atoms with E-state index < -0.39 is 39.3 Å². The largest absolute Gasteiger partial charge is 0.486 e. The van der Waals surface area contributed by atoms with Gasteiger partial charge in [-0.2, -0.15) is 0 Å². The Bertz CT molecular complexity index is 993. The topological polar surface area (TPSA) is 84.9 Å². The number of rotatable bonds is 5. The molecule has 150 valence electrons. The molecule has 3 rings (SSSR count). The Hall–Kier alpha value is -2.88. The molecule has 28 heavy (non-hydrogen) atoms. The summed E-state index contributed by atoms with van der Waals surface area (Å²) in [5.41, 5.74) is -0.488. The molecule has 1 atom stereocenters. The summed E-state index contributed by atoms with van der Waals surface area (Å²) in [6.07, 6.45) is 0.928. The molecule has 1 aliphatic rings. The number of hydrogen-bond acceptors (Lipinski definition) is 5. The number of sulfonamides is 1. The Morgan fingerprint density at radius 2 is 1.71 bits per heavy atom. The highest BCUT2D eigenvalue weighted by molar-refractivity contribution is 7.92. The lowest BCUT2D eigenvalue weighted by Crippen LogP contribution is -2.45. The van der Waals surface area contributed by atoms with Crippen LogP contribution in [0.1, 0.15) is 6.92 Å². The van der Waals surface area contributed by atoms with Gasteiger partial charge in [0.05, 0.1) is 11.9 Å².